The third-order valence-electron chi connectivity index (χ3n) is 6.77. The van der Waals surface area contributed by atoms with Crippen molar-refractivity contribution < 1.29 is 14.0 Å². The summed E-state index contributed by atoms with van der Waals surface area (Å²) < 4.78 is 15.3. The summed E-state index contributed by atoms with van der Waals surface area (Å²) in [5.41, 5.74) is 5.77. The molecule has 1 aromatic heterocycles. The molecular weight excluding hydrogens is 421 g/mol. The van der Waals surface area contributed by atoms with E-state index in [4.69, 9.17) is 0 Å². The Bertz CT molecular complexity index is 1270. The number of nitrogens with zero attached hydrogens (tertiary/aromatic N) is 3. The number of carbonyl (C=O) groups excluding carboxylic acids is 2. The molecule has 2 N–H and O–H groups in total. The molecular formula is C25H24FN5O2. The summed E-state index contributed by atoms with van der Waals surface area (Å²) in [6.45, 7) is 1.38. The first-order valence-corrected chi connectivity index (χ1v) is 11.3. The van der Waals surface area contributed by atoms with E-state index in [2.05, 4.69) is 15.5 Å². The zero-order valence-electron chi connectivity index (χ0n) is 18.0. The van der Waals surface area contributed by atoms with Gasteiger partial charge >= 0.3 is 0 Å². The Hall–Kier alpha value is -3.68. The molecule has 8 heteroatoms. The van der Waals surface area contributed by atoms with E-state index in [1.54, 1.807) is 11.0 Å². The number of likely N-dealkylation sites (tertiary alicyclic amines) is 1. The highest BCUT2D eigenvalue weighted by Crippen LogP contribution is 2.35. The van der Waals surface area contributed by atoms with Gasteiger partial charge in [-0.25, -0.2) is 4.39 Å². The average molecular weight is 445 g/mol. The van der Waals surface area contributed by atoms with Crippen molar-refractivity contribution in [3.05, 3.63) is 54.5 Å². The highest BCUT2D eigenvalue weighted by Gasteiger charge is 2.41. The molecule has 3 heterocycles. The number of halogens is 1. The second-order valence-corrected chi connectivity index (χ2v) is 9.14. The first-order chi connectivity index (χ1) is 16.1. The van der Waals surface area contributed by atoms with Crippen molar-refractivity contribution >= 4 is 34.6 Å². The predicted octanol–water partition coefficient (Wildman–Crippen LogP) is 3.48. The average Bonchev–Trinajstić information content (AvgIpc) is 3.41. The molecule has 0 bridgehead atoms. The van der Waals surface area contributed by atoms with Crippen LogP contribution in [0.5, 0.6) is 0 Å². The van der Waals surface area contributed by atoms with Crippen LogP contribution in [0, 0.1) is 17.7 Å². The van der Waals surface area contributed by atoms with Gasteiger partial charge in [-0.3, -0.25) is 19.9 Å². The largest absolute Gasteiger partial charge is 0.361 e. The van der Waals surface area contributed by atoms with Crippen molar-refractivity contribution in [3.63, 3.8) is 0 Å². The number of anilines is 1. The minimum atomic E-state index is -0.750. The zero-order chi connectivity index (χ0) is 22.5. The molecule has 6 rings (SSSR count). The van der Waals surface area contributed by atoms with Crippen LogP contribution in [0.1, 0.15) is 19.3 Å². The van der Waals surface area contributed by atoms with Crippen molar-refractivity contribution in [1.82, 2.24) is 15.3 Å². The maximum atomic E-state index is 15.3. The van der Waals surface area contributed by atoms with E-state index < -0.39 is 12.0 Å². The molecule has 1 unspecified atom stereocenters. The number of hydrazone groups is 1. The number of rotatable bonds is 6. The van der Waals surface area contributed by atoms with Gasteiger partial charge in [0.1, 0.15) is 11.7 Å². The fourth-order valence-electron chi connectivity index (χ4n) is 4.77. The molecule has 33 heavy (non-hydrogen) atoms. The third kappa shape index (κ3) is 3.55. The van der Waals surface area contributed by atoms with Gasteiger partial charge in [0.2, 0.25) is 5.91 Å². The highest BCUT2D eigenvalue weighted by molar-refractivity contribution is 6.03. The number of aromatic nitrogens is 1. The molecule has 1 saturated carbocycles. The minimum absolute atomic E-state index is 0.220. The van der Waals surface area contributed by atoms with Crippen molar-refractivity contribution in [2.24, 2.45) is 16.9 Å². The maximum absolute atomic E-state index is 15.3. The monoisotopic (exact) mass is 445 g/mol. The Morgan fingerprint density at radius 2 is 1.91 bits per heavy atom. The van der Waals surface area contributed by atoms with Gasteiger partial charge in [0, 0.05) is 43.1 Å². The van der Waals surface area contributed by atoms with E-state index in [-0.39, 0.29) is 17.7 Å². The van der Waals surface area contributed by atoms with Gasteiger partial charge in [0.05, 0.1) is 5.69 Å². The van der Waals surface area contributed by atoms with Crippen molar-refractivity contribution in [2.45, 2.75) is 25.4 Å². The summed E-state index contributed by atoms with van der Waals surface area (Å²) in [5, 5.41) is 5.42. The number of amidine groups is 1. The van der Waals surface area contributed by atoms with E-state index in [0.29, 0.717) is 31.0 Å². The number of nitrogens with one attached hydrogen (secondary N) is 2. The number of hydrogen-bond donors (Lipinski definition) is 2. The van der Waals surface area contributed by atoms with Crippen LogP contribution >= 0.6 is 0 Å². The number of benzene rings is 2. The molecule has 1 amide bonds. The SMILES string of the molecule is O=CC1NN=C(CC2CN(C(=O)C3CC3)C2)N1c1ccc(-c2ccc3cc[nH]c3c2)cc1F. The predicted molar refractivity (Wildman–Crippen MR) is 124 cm³/mol. The third-order valence-corrected chi connectivity index (χ3v) is 6.77. The number of carbonyl (C=O) groups is 2. The molecule has 2 aliphatic heterocycles. The highest BCUT2D eigenvalue weighted by atomic mass is 19.1. The molecule has 1 atom stereocenters. The molecule has 3 aromatic rings. The number of aldehydes is 1. The fraction of sp³-hybridized carbons (Fsp3) is 0.320. The number of fused-ring (bicyclic) bond motifs is 1. The van der Waals surface area contributed by atoms with Crippen LogP contribution < -0.4 is 10.3 Å². The van der Waals surface area contributed by atoms with E-state index in [1.165, 1.54) is 6.07 Å². The number of H-pyrrole nitrogens is 1. The van der Waals surface area contributed by atoms with Crippen molar-refractivity contribution in [2.75, 3.05) is 18.0 Å². The van der Waals surface area contributed by atoms with Crippen LogP contribution in [0.4, 0.5) is 10.1 Å². The standard InChI is InChI=1S/C25H24FN5O2/c26-20-10-18(19-4-1-16-7-8-27-21(16)11-19)5-6-22(20)31-23(28-29-24(31)14-32)9-15-12-30(13-15)25(33)17-2-3-17/h1,4-8,10-11,14-15,17,24,27,29H,2-3,9,12-13H2. The smallest absolute Gasteiger partial charge is 0.225 e. The first kappa shape index (κ1) is 20.0. The van der Waals surface area contributed by atoms with Crippen molar-refractivity contribution in [1.29, 1.82) is 0 Å². The Kier molecular flexibility index (Phi) is 4.67. The number of amides is 1. The summed E-state index contributed by atoms with van der Waals surface area (Å²) in [7, 11) is 0. The number of aromatic amines is 1. The van der Waals surface area contributed by atoms with Crippen LogP contribution in [0.25, 0.3) is 22.0 Å². The zero-order valence-corrected chi connectivity index (χ0v) is 18.0. The summed E-state index contributed by atoms with van der Waals surface area (Å²) in [6.07, 6.45) is 4.43. The van der Waals surface area contributed by atoms with Crippen LogP contribution in [0.2, 0.25) is 0 Å². The lowest BCUT2D eigenvalue weighted by Gasteiger charge is -2.40. The van der Waals surface area contributed by atoms with E-state index in [0.717, 1.165) is 41.2 Å². The van der Waals surface area contributed by atoms with Crippen molar-refractivity contribution in [3.8, 4) is 11.1 Å². The molecule has 1 aliphatic carbocycles. The number of hydrogen-bond acceptors (Lipinski definition) is 5. The van der Waals surface area contributed by atoms with Crippen LogP contribution in [0.3, 0.4) is 0 Å². The van der Waals surface area contributed by atoms with Gasteiger partial charge in [-0.15, -0.1) is 0 Å². The van der Waals surface area contributed by atoms with Gasteiger partial charge < -0.3 is 9.88 Å². The minimum Gasteiger partial charge on any atom is -0.361 e. The summed E-state index contributed by atoms with van der Waals surface area (Å²) in [5.74, 6) is 0.935. The summed E-state index contributed by atoms with van der Waals surface area (Å²) >= 11 is 0. The molecule has 2 fully saturated rings. The second kappa shape index (κ2) is 7.72. The Morgan fingerprint density at radius 3 is 2.67 bits per heavy atom. The molecule has 2 aromatic carbocycles. The molecule has 0 radical (unpaired) electrons. The Morgan fingerprint density at radius 1 is 1.12 bits per heavy atom. The van der Waals surface area contributed by atoms with Gasteiger partial charge in [0.25, 0.3) is 0 Å². The first-order valence-electron chi connectivity index (χ1n) is 11.3. The molecule has 0 spiro atoms. The van der Waals surface area contributed by atoms with Gasteiger partial charge in [-0.05, 0) is 53.6 Å². The Balaban J connectivity index is 1.21. The normalized spacial score (nSPS) is 20.5. The Labute approximate surface area is 190 Å². The lowest BCUT2D eigenvalue weighted by atomic mass is 9.94. The summed E-state index contributed by atoms with van der Waals surface area (Å²) in [4.78, 5) is 30.6. The van der Waals surface area contributed by atoms with Gasteiger partial charge in [0.15, 0.2) is 12.5 Å². The second-order valence-electron chi connectivity index (χ2n) is 9.14. The molecule has 7 nitrogen and oxygen atoms in total. The van der Waals surface area contributed by atoms with Gasteiger partial charge in [-0.2, -0.15) is 5.10 Å². The lowest BCUT2D eigenvalue weighted by Crippen LogP contribution is -2.52. The van der Waals surface area contributed by atoms with E-state index in [9.17, 15) is 9.59 Å². The van der Waals surface area contributed by atoms with E-state index >= 15 is 4.39 Å². The summed E-state index contributed by atoms with van der Waals surface area (Å²) in [6, 6.07) is 13.0. The molecule has 3 aliphatic rings. The molecule has 168 valence electrons. The maximum Gasteiger partial charge on any atom is 0.225 e. The van der Waals surface area contributed by atoms with E-state index in [1.807, 2.05) is 41.4 Å². The van der Waals surface area contributed by atoms with Crippen LogP contribution in [-0.2, 0) is 9.59 Å². The fourth-order valence-corrected chi connectivity index (χ4v) is 4.77. The van der Waals surface area contributed by atoms with Crippen LogP contribution in [-0.4, -0.2) is 47.2 Å². The molecule has 1 saturated heterocycles. The lowest BCUT2D eigenvalue weighted by molar-refractivity contribution is -0.138. The topological polar surface area (TPSA) is 80.8 Å². The van der Waals surface area contributed by atoms with Crippen LogP contribution in [0.15, 0.2) is 53.8 Å². The quantitative estimate of drug-likeness (QED) is 0.570. The van der Waals surface area contributed by atoms with Gasteiger partial charge in [-0.1, -0.05) is 18.2 Å².